The molecule has 0 aliphatic rings. The summed E-state index contributed by atoms with van der Waals surface area (Å²) in [6, 6.07) is 10.9. The number of hydrogen-bond acceptors (Lipinski definition) is 3. The van der Waals surface area contributed by atoms with Crippen molar-refractivity contribution >= 4 is 17.2 Å². The molecule has 0 radical (unpaired) electrons. The number of ether oxygens (including phenoxy) is 1. The third-order valence-corrected chi connectivity index (χ3v) is 2.78. The molecule has 4 heteroatoms. The number of thiophene rings is 1. The molecular weight excluding hydrogens is 222 g/mol. The van der Waals surface area contributed by atoms with Gasteiger partial charge in [0.1, 0.15) is 5.75 Å². The molecule has 82 valence electrons. The van der Waals surface area contributed by atoms with E-state index < -0.39 is 0 Å². The van der Waals surface area contributed by atoms with E-state index in [0.717, 1.165) is 5.06 Å². The number of hydrogen-bond donors (Lipinski definition) is 1. The molecule has 0 atom stereocenters. The van der Waals surface area contributed by atoms with Crippen LogP contribution >= 0.6 is 11.3 Å². The Morgan fingerprint density at radius 3 is 2.88 bits per heavy atom. The van der Waals surface area contributed by atoms with E-state index in [1.807, 2.05) is 23.6 Å². The Kier molecular flexibility index (Phi) is 3.22. The molecule has 3 nitrogen and oxygen atoms in total. The van der Waals surface area contributed by atoms with Gasteiger partial charge < -0.3 is 10.1 Å². The monoisotopic (exact) mass is 233 g/mol. The van der Waals surface area contributed by atoms with E-state index in [1.54, 1.807) is 25.2 Å². The molecule has 0 unspecified atom stereocenters. The second-order valence-corrected chi connectivity index (χ2v) is 4.05. The lowest BCUT2D eigenvalue weighted by molar-refractivity contribution is 0.0963. The Labute approximate surface area is 97.7 Å². The van der Waals surface area contributed by atoms with Crippen molar-refractivity contribution in [3.8, 4) is 10.8 Å². The second-order valence-electron chi connectivity index (χ2n) is 3.14. The van der Waals surface area contributed by atoms with Gasteiger partial charge in [0.2, 0.25) is 0 Å². The topological polar surface area (TPSA) is 38.3 Å². The van der Waals surface area contributed by atoms with Crippen molar-refractivity contribution in [1.29, 1.82) is 0 Å². The van der Waals surface area contributed by atoms with Crippen LogP contribution in [-0.4, -0.2) is 13.0 Å². The maximum absolute atomic E-state index is 11.4. The molecule has 1 aromatic heterocycles. The molecule has 1 aromatic carbocycles. The van der Waals surface area contributed by atoms with Gasteiger partial charge in [-0.3, -0.25) is 4.79 Å². The number of amides is 1. The average Bonchev–Trinajstić information content (AvgIpc) is 2.81. The van der Waals surface area contributed by atoms with Crippen molar-refractivity contribution in [1.82, 2.24) is 5.32 Å². The summed E-state index contributed by atoms with van der Waals surface area (Å²) in [4.78, 5) is 11.4. The van der Waals surface area contributed by atoms with E-state index in [4.69, 9.17) is 4.74 Å². The number of benzene rings is 1. The molecule has 0 bridgehead atoms. The van der Waals surface area contributed by atoms with E-state index in [-0.39, 0.29) is 5.91 Å². The highest BCUT2D eigenvalue weighted by atomic mass is 32.1. The number of nitrogens with one attached hydrogen (secondary N) is 1. The molecule has 1 N–H and O–H groups in total. The van der Waals surface area contributed by atoms with Gasteiger partial charge in [-0.15, -0.1) is 11.3 Å². The largest absolute Gasteiger partial charge is 0.447 e. The van der Waals surface area contributed by atoms with Gasteiger partial charge in [-0.05, 0) is 35.7 Å². The van der Waals surface area contributed by atoms with Gasteiger partial charge in [-0.25, -0.2) is 0 Å². The molecule has 16 heavy (non-hydrogen) atoms. The highest BCUT2D eigenvalue weighted by molar-refractivity contribution is 7.11. The van der Waals surface area contributed by atoms with Crippen LogP contribution < -0.4 is 10.1 Å². The first-order valence-corrected chi connectivity index (χ1v) is 5.71. The summed E-state index contributed by atoms with van der Waals surface area (Å²) in [6.07, 6.45) is 0. The standard InChI is InChI=1S/C12H11NO2S/c1-13-12(14)9-4-2-5-10(8-9)15-11-6-3-7-16-11/h2-8H,1H3,(H,13,14). The van der Waals surface area contributed by atoms with E-state index in [1.165, 1.54) is 11.3 Å². The Bertz CT molecular complexity index is 480. The van der Waals surface area contributed by atoms with Crippen molar-refractivity contribution < 1.29 is 9.53 Å². The van der Waals surface area contributed by atoms with Crippen molar-refractivity contribution in [2.75, 3.05) is 7.05 Å². The molecular formula is C12H11NO2S. The fraction of sp³-hybridized carbons (Fsp3) is 0.0833. The Morgan fingerprint density at radius 2 is 2.19 bits per heavy atom. The van der Waals surface area contributed by atoms with Crippen LogP contribution in [-0.2, 0) is 0 Å². The minimum atomic E-state index is -0.114. The van der Waals surface area contributed by atoms with Crippen molar-refractivity contribution in [2.45, 2.75) is 0 Å². The fourth-order valence-electron chi connectivity index (χ4n) is 1.28. The molecule has 0 saturated carbocycles. The third-order valence-electron chi connectivity index (χ3n) is 2.04. The van der Waals surface area contributed by atoms with E-state index in [9.17, 15) is 4.79 Å². The van der Waals surface area contributed by atoms with Gasteiger partial charge in [0.25, 0.3) is 5.91 Å². The summed E-state index contributed by atoms with van der Waals surface area (Å²) < 4.78 is 5.59. The Balaban J connectivity index is 2.19. The highest BCUT2D eigenvalue weighted by Gasteiger charge is 2.04. The lowest BCUT2D eigenvalue weighted by atomic mass is 10.2. The third kappa shape index (κ3) is 2.41. The zero-order valence-corrected chi connectivity index (χ0v) is 9.58. The summed E-state index contributed by atoms with van der Waals surface area (Å²) in [5.74, 6) is 0.556. The van der Waals surface area contributed by atoms with Gasteiger partial charge in [0, 0.05) is 12.6 Å². The van der Waals surface area contributed by atoms with Gasteiger partial charge in [-0.1, -0.05) is 6.07 Å². The van der Waals surface area contributed by atoms with E-state index >= 15 is 0 Å². The van der Waals surface area contributed by atoms with E-state index in [2.05, 4.69) is 5.32 Å². The van der Waals surface area contributed by atoms with Crippen LogP contribution in [0.1, 0.15) is 10.4 Å². The zero-order chi connectivity index (χ0) is 11.4. The average molecular weight is 233 g/mol. The van der Waals surface area contributed by atoms with Crippen LogP contribution in [0.15, 0.2) is 41.8 Å². The first-order valence-electron chi connectivity index (χ1n) is 4.83. The summed E-state index contributed by atoms with van der Waals surface area (Å²) in [6.45, 7) is 0. The van der Waals surface area contributed by atoms with Crippen LogP contribution in [0.5, 0.6) is 10.8 Å². The fourth-order valence-corrected chi connectivity index (χ4v) is 1.88. The highest BCUT2D eigenvalue weighted by Crippen LogP contribution is 2.26. The zero-order valence-electron chi connectivity index (χ0n) is 8.77. The molecule has 0 aliphatic carbocycles. The maximum atomic E-state index is 11.4. The first-order chi connectivity index (χ1) is 7.79. The summed E-state index contributed by atoms with van der Waals surface area (Å²) in [5.41, 5.74) is 0.594. The number of rotatable bonds is 3. The van der Waals surface area contributed by atoms with Gasteiger partial charge in [0.05, 0.1) is 0 Å². The van der Waals surface area contributed by atoms with Crippen LogP contribution in [0.25, 0.3) is 0 Å². The predicted octanol–water partition coefficient (Wildman–Crippen LogP) is 2.90. The van der Waals surface area contributed by atoms with Crippen LogP contribution in [0.4, 0.5) is 0 Å². The lowest BCUT2D eigenvalue weighted by Gasteiger charge is -2.04. The first kappa shape index (κ1) is 10.7. The number of carbonyl (C=O) groups is 1. The van der Waals surface area contributed by atoms with Crippen molar-refractivity contribution in [3.63, 3.8) is 0 Å². The molecule has 0 spiro atoms. The molecule has 0 aliphatic heterocycles. The van der Waals surface area contributed by atoms with Gasteiger partial charge in [-0.2, -0.15) is 0 Å². The summed E-state index contributed by atoms with van der Waals surface area (Å²) >= 11 is 1.51. The summed E-state index contributed by atoms with van der Waals surface area (Å²) in [7, 11) is 1.61. The lowest BCUT2D eigenvalue weighted by Crippen LogP contribution is -2.17. The SMILES string of the molecule is CNC(=O)c1cccc(Oc2cccs2)c1. The predicted molar refractivity (Wildman–Crippen MR) is 64.2 cm³/mol. The van der Waals surface area contributed by atoms with Gasteiger partial charge >= 0.3 is 0 Å². The van der Waals surface area contributed by atoms with Crippen LogP contribution in [0.3, 0.4) is 0 Å². The van der Waals surface area contributed by atoms with Crippen LogP contribution in [0.2, 0.25) is 0 Å². The molecule has 0 saturated heterocycles. The minimum Gasteiger partial charge on any atom is -0.447 e. The maximum Gasteiger partial charge on any atom is 0.251 e. The smallest absolute Gasteiger partial charge is 0.251 e. The number of carbonyl (C=O) groups excluding carboxylic acids is 1. The Hall–Kier alpha value is -1.81. The molecule has 2 rings (SSSR count). The molecule has 2 aromatic rings. The second kappa shape index (κ2) is 4.81. The van der Waals surface area contributed by atoms with Crippen LogP contribution in [0, 0.1) is 0 Å². The van der Waals surface area contributed by atoms with Gasteiger partial charge in [0.15, 0.2) is 5.06 Å². The molecule has 1 heterocycles. The van der Waals surface area contributed by atoms with E-state index in [0.29, 0.717) is 11.3 Å². The normalized spacial score (nSPS) is 9.81. The minimum absolute atomic E-state index is 0.114. The molecule has 0 fully saturated rings. The molecule has 1 amide bonds. The Morgan fingerprint density at radius 1 is 1.31 bits per heavy atom. The summed E-state index contributed by atoms with van der Waals surface area (Å²) in [5, 5.41) is 5.33. The quantitative estimate of drug-likeness (QED) is 0.885. The van der Waals surface area contributed by atoms with Crippen molar-refractivity contribution in [2.24, 2.45) is 0 Å². The van der Waals surface area contributed by atoms with Crippen molar-refractivity contribution in [3.05, 3.63) is 47.3 Å².